The number of aliphatic carboxylic acids is 1. The van der Waals surface area contributed by atoms with Crippen LogP contribution in [0.3, 0.4) is 0 Å². The van der Waals surface area contributed by atoms with Gasteiger partial charge in [-0.15, -0.1) is 0 Å². The number of benzene rings is 1. The second-order valence-electron chi connectivity index (χ2n) is 3.69. The normalized spacial score (nSPS) is 13.3. The van der Waals surface area contributed by atoms with Crippen molar-refractivity contribution in [3.63, 3.8) is 0 Å². The van der Waals surface area contributed by atoms with E-state index >= 15 is 0 Å². The van der Waals surface area contributed by atoms with Crippen molar-refractivity contribution in [1.29, 1.82) is 0 Å². The molecule has 0 aliphatic rings. The van der Waals surface area contributed by atoms with E-state index in [1.54, 1.807) is 11.8 Å². The van der Waals surface area contributed by atoms with Gasteiger partial charge in [0.25, 0.3) is 10.0 Å². The molecule has 2 N–H and O–H groups in total. The summed E-state index contributed by atoms with van der Waals surface area (Å²) >= 11 is 11.7. The average Bonchev–Trinajstić information content (AvgIpc) is 2.32. The fraction of sp³-hybridized carbons (Fsp3) is 0.300. The Morgan fingerprint density at radius 1 is 1.37 bits per heavy atom. The fourth-order valence-corrected chi connectivity index (χ4v) is 2.75. The van der Waals surface area contributed by atoms with E-state index in [9.17, 15) is 13.2 Å². The maximum absolute atomic E-state index is 11.9. The number of sulfonamides is 1. The molecule has 0 spiro atoms. The number of rotatable bonds is 5. The minimum Gasteiger partial charge on any atom is -0.479 e. The zero-order chi connectivity index (χ0) is 14.8. The Morgan fingerprint density at radius 3 is 2.47 bits per heavy atom. The van der Waals surface area contributed by atoms with Gasteiger partial charge < -0.3 is 5.11 Å². The molecule has 0 radical (unpaired) electrons. The lowest BCUT2D eigenvalue weighted by Gasteiger charge is -2.12. The maximum Gasteiger partial charge on any atom is 0.334 e. The molecule has 0 saturated carbocycles. The summed E-state index contributed by atoms with van der Waals surface area (Å²) in [6.07, 6.45) is -1.34. The first-order valence-electron chi connectivity index (χ1n) is 5.01. The first-order chi connectivity index (χ1) is 8.66. The minimum atomic E-state index is -4.11. The van der Waals surface area contributed by atoms with Crippen molar-refractivity contribution >= 4 is 39.2 Å². The molecule has 1 aromatic rings. The molecule has 1 aromatic carbocycles. The molecule has 0 aromatic heterocycles. The van der Waals surface area contributed by atoms with Gasteiger partial charge in [-0.25, -0.2) is 13.2 Å². The van der Waals surface area contributed by atoms with Crippen LogP contribution in [0.4, 0.5) is 0 Å². The van der Waals surface area contributed by atoms with Gasteiger partial charge in [-0.1, -0.05) is 34.2 Å². The number of hydrogen-bond donors (Lipinski definition) is 2. The first-order valence-corrected chi connectivity index (χ1v) is 7.25. The van der Waals surface area contributed by atoms with Gasteiger partial charge in [-0.05, 0) is 25.5 Å². The van der Waals surface area contributed by atoms with Crippen LogP contribution < -0.4 is 4.89 Å². The highest BCUT2D eigenvalue weighted by Gasteiger charge is 2.23. The predicted octanol–water partition coefficient (Wildman–Crippen LogP) is 1.98. The third-order valence-electron chi connectivity index (χ3n) is 2.21. The van der Waals surface area contributed by atoms with Crippen LogP contribution in [0.1, 0.15) is 12.5 Å². The van der Waals surface area contributed by atoms with E-state index in [4.69, 9.17) is 28.3 Å². The molecule has 0 unspecified atom stereocenters. The molecule has 0 aliphatic carbocycles. The van der Waals surface area contributed by atoms with Gasteiger partial charge >= 0.3 is 5.97 Å². The predicted molar refractivity (Wildman–Crippen MR) is 69.7 cm³/mol. The number of halogens is 2. The molecule has 0 heterocycles. The Labute approximate surface area is 120 Å². The first kappa shape index (κ1) is 16.2. The van der Waals surface area contributed by atoms with Crippen molar-refractivity contribution in [3.05, 3.63) is 27.7 Å². The number of carboxylic acids is 1. The fourth-order valence-electron chi connectivity index (χ4n) is 1.07. The van der Waals surface area contributed by atoms with Crippen LogP contribution in [-0.2, 0) is 19.7 Å². The van der Waals surface area contributed by atoms with Gasteiger partial charge in [0.05, 0.1) is 10.0 Å². The molecule has 0 saturated heterocycles. The SMILES string of the molecule is Cc1ccc(S(=O)(=O)NO[C@@H](C)C(=O)O)c(Cl)c1Cl. The van der Waals surface area contributed by atoms with Gasteiger partial charge in [0.1, 0.15) is 4.90 Å². The van der Waals surface area contributed by atoms with Crippen LogP contribution in [0.5, 0.6) is 0 Å². The smallest absolute Gasteiger partial charge is 0.334 e. The lowest BCUT2D eigenvalue weighted by atomic mass is 10.2. The monoisotopic (exact) mass is 327 g/mol. The summed E-state index contributed by atoms with van der Waals surface area (Å²) in [5, 5.41) is 8.53. The van der Waals surface area contributed by atoms with Crippen LogP contribution >= 0.6 is 23.2 Å². The van der Waals surface area contributed by atoms with Gasteiger partial charge in [-0.2, -0.15) is 0 Å². The zero-order valence-corrected chi connectivity index (χ0v) is 12.3. The van der Waals surface area contributed by atoms with E-state index in [0.29, 0.717) is 5.56 Å². The van der Waals surface area contributed by atoms with E-state index < -0.39 is 22.1 Å². The number of aryl methyl sites for hydroxylation is 1. The average molecular weight is 328 g/mol. The van der Waals surface area contributed by atoms with Crippen molar-refractivity contribution in [3.8, 4) is 0 Å². The number of nitrogens with one attached hydrogen (secondary N) is 1. The van der Waals surface area contributed by atoms with Crippen molar-refractivity contribution in [2.45, 2.75) is 24.8 Å². The van der Waals surface area contributed by atoms with Crippen molar-refractivity contribution in [2.75, 3.05) is 0 Å². The molecule has 0 aliphatic heterocycles. The summed E-state index contributed by atoms with van der Waals surface area (Å²) in [6, 6.07) is 2.73. The molecule has 9 heteroatoms. The van der Waals surface area contributed by atoms with Crippen LogP contribution in [0.25, 0.3) is 0 Å². The summed E-state index contributed by atoms with van der Waals surface area (Å²) in [5.41, 5.74) is 0.616. The molecular weight excluding hydrogens is 317 g/mol. The van der Waals surface area contributed by atoms with Gasteiger partial charge in [-0.3, -0.25) is 4.84 Å². The summed E-state index contributed by atoms with van der Waals surface area (Å²) in [4.78, 5) is 16.4. The van der Waals surface area contributed by atoms with E-state index in [1.807, 2.05) is 0 Å². The maximum atomic E-state index is 11.9. The molecule has 6 nitrogen and oxygen atoms in total. The highest BCUT2D eigenvalue weighted by Crippen LogP contribution is 2.31. The Morgan fingerprint density at radius 2 is 1.95 bits per heavy atom. The lowest BCUT2D eigenvalue weighted by Crippen LogP contribution is -2.32. The molecule has 1 rings (SSSR count). The van der Waals surface area contributed by atoms with E-state index in [-0.39, 0.29) is 14.9 Å². The van der Waals surface area contributed by atoms with Gasteiger partial charge in [0.15, 0.2) is 6.10 Å². The second-order valence-corrected chi connectivity index (χ2v) is 6.06. The number of carboxylic acid groups (broad SMARTS) is 1. The Bertz CT molecular complexity index is 602. The summed E-state index contributed by atoms with van der Waals surface area (Å²) in [6.45, 7) is 2.84. The zero-order valence-electron chi connectivity index (χ0n) is 9.98. The molecule has 0 amide bonds. The molecule has 1 atom stereocenters. The van der Waals surface area contributed by atoms with E-state index in [1.165, 1.54) is 19.1 Å². The van der Waals surface area contributed by atoms with Crippen LogP contribution in [0.15, 0.2) is 17.0 Å². The number of hydrogen-bond acceptors (Lipinski definition) is 4. The standard InChI is InChI=1S/C10H11Cl2NO5S/c1-5-3-4-7(9(12)8(5)11)19(16,17)13-18-6(2)10(14)15/h3-4,6,13H,1-2H3,(H,14,15)/t6-/m0/s1. The Hall–Kier alpha value is -0.860. The Kier molecular flexibility index (Phi) is 5.17. The number of carbonyl (C=O) groups is 1. The third-order valence-corrected chi connectivity index (χ3v) is 4.54. The highest BCUT2D eigenvalue weighted by molar-refractivity contribution is 7.89. The summed E-state index contributed by atoms with van der Waals surface area (Å²) in [5.74, 6) is -1.31. The third kappa shape index (κ3) is 3.80. The topological polar surface area (TPSA) is 92.7 Å². The van der Waals surface area contributed by atoms with E-state index in [2.05, 4.69) is 4.84 Å². The molecule has 0 fully saturated rings. The molecule has 106 valence electrons. The Balaban J connectivity index is 3.02. The van der Waals surface area contributed by atoms with Gasteiger partial charge in [0.2, 0.25) is 0 Å². The van der Waals surface area contributed by atoms with Gasteiger partial charge in [0, 0.05) is 0 Å². The van der Waals surface area contributed by atoms with Crippen molar-refractivity contribution < 1.29 is 23.2 Å². The quantitative estimate of drug-likeness (QED) is 0.806. The van der Waals surface area contributed by atoms with Crippen LogP contribution in [0.2, 0.25) is 10.0 Å². The second kappa shape index (κ2) is 6.06. The molecular formula is C10H11Cl2NO5S. The lowest BCUT2D eigenvalue weighted by molar-refractivity contribution is -0.151. The largest absolute Gasteiger partial charge is 0.479 e. The van der Waals surface area contributed by atoms with E-state index in [0.717, 1.165) is 0 Å². The summed E-state index contributed by atoms with van der Waals surface area (Å²) in [7, 11) is -4.11. The van der Waals surface area contributed by atoms with Crippen molar-refractivity contribution in [2.24, 2.45) is 0 Å². The van der Waals surface area contributed by atoms with Crippen LogP contribution in [0, 0.1) is 6.92 Å². The minimum absolute atomic E-state index is 0.107. The summed E-state index contributed by atoms with van der Waals surface area (Å²) < 4.78 is 23.7. The highest BCUT2D eigenvalue weighted by atomic mass is 35.5. The van der Waals surface area contributed by atoms with Crippen LogP contribution in [-0.4, -0.2) is 25.6 Å². The van der Waals surface area contributed by atoms with Crippen molar-refractivity contribution in [1.82, 2.24) is 4.89 Å². The molecule has 19 heavy (non-hydrogen) atoms. The molecule has 0 bridgehead atoms.